The predicted molar refractivity (Wildman–Crippen MR) is 59.3 cm³/mol. The first-order valence-electron chi connectivity index (χ1n) is 3.87. The Morgan fingerprint density at radius 1 is 1.36 bits per heavy atom. The van der Waals surface area contributed by atoms with E-state index >= 15 is 0 Å². The van der Waals surface area contributed by atoms with Gasteiger partial charge in [0.15, 0.2) is 5.82 Å². The lowest BCUT2D eigenvalue weighted by atomic mass is 10.5. The summed E-state index contributed by atoms with van der Waals surface area (Å²) in [6.07, 6.45) is 3.55. The molecule has 0 radical (unpaired) electrons. The van der Waals surface area contributed by atoms with Crippen LogP contribution in [0.25, 0.3) is 5.82 Å². The molecule has 0 atom stereocenters. The first-order chi connectivity index (χ1) is 6.66. The van der Waals surface area contributed by atoms with Crippen molar-refractivity contribution in [2.45, 2.75) is 6.92 Å². The van der Waals surface area contributed by atoms with Gasteiger partial charge in [-0.3, -0.25) is 0 Å². The maximum atomic E-state index is 4.28. The Morgan fingerprint density at radius 3 is 2.79 bits per heavy atom. The first kappa shape index (κ1) is 9.79. The van der Waals surface area contributed by atoms with E-state index in [1.165, 1.54) is 0 Å². The van der Waals surface area contributed by atoms with Gasteiger partial charge in [0.2, 0.25) is 0 Å². The zero-order valence-electron chi connectivity index (χ0n) is 7.28. The molecule has 72 valence electrons. The number of rotatable bonds is 1. The molecule has 2 heterocycles. The molecule has 2 aromatic heterocycles. The Hall–Kier alpha value is -0.750. The average Bonchev–Trinajstić information content (AvgIpc) is 2.56. The normalized spacial score (nSPS) is 10.5. The molecule has 14 heavy (non-hydrogen) atoms. The van der Waals surface area contributed by atoms with E-state index < -0.39 is 0 Å². The SMILES string of the molecule is Cc1ncc(Br)c(-n2ccc(Br)n2)n1. The van der Waals surface area contributed by atoms with Crippen LogP contribution < -0.4 is 0 Å². The van der Waals surface area contributed by atoms with E-state index in [9.17, 15) is 0 Å². The Balaban J connectivity index is 2.55. The molecule has 0 spiro atoms. The lowest BCUT2D eigenvalue weighted by molar-refractivity contribution is 0.815. The molecule has 0 aliphatic rings. The smallest absolute Gasteiger partial charge is 0.171 e. The Morgan fingerprint density at radius 2 is 2.14 bits per heavy atom. The van der Waals surface area contributed by atoms with E-state index in [0.29, 0.717) is 0 Å². The van der Waals surface area contributed by atoms with Gasteiger partial charge in [0, 0.05) is 12.4 Å². The molecule has 0 amide bonds. The number of hydrogen-bond acceptors (Lipinski definition) is 3. The zero-order chi connectivity index (χ0) is 10.1. The zero-order valence-corrected chi connectivity index (χ0v) is 10.4. The van der Waals surface area contributed by atoms with Crippen molar-refractivity contribution in [1.29, 1.82) is 0 Å². The van der Waals surface area contributed by atoms with Crippen LogP contribution in [0.2, 0.25) is 0 Å². The lowest BCUT2D eigenvalue weighted by Gasteiger charge is -2.02. The fraction of sp³-hybridized carbons (Fsp3) is 0.125. The second-order valence-electron chi connectivity index (χ2n) is 2.67. The molecule has 0 fully saturated rings. The van der Waals surface area contributed by atoms with E-state index in [1.807, 2.05) is 19.2 Å². The quantitative estimate of drug-likeness (QED) is 0.811. The third-order valence-electron chi connectivity index (χ3n) is 1.62. The summed E-state index contributed by atoms with van der Waals surface area (Å²) in [5, 5.41) is 4.20. The number of nitrogens with zero attached hydrogens (tertiary/aromatic N) is 4. The van der Waals surface area contributed by atoms with Gasteiger partial charge in [-0.1, -0.05) is 0 Å². The topological polar surface area (TPSA) is 43.6 Å². The molecular formula is C8H6Br2N4. The van der Waals surface area contributed by atoms with Crippen LogP contribution >= 0.6 is 31.9 Å². The van der Waals surface area contributed by atoms with Gasteiger partial charge in [0.25, 0.3) is 0 Å². The molecule has 0 bridgehead atoms. The van der Waals surface area contributed by atoms with Crippen molar-refractivity contribution in [3.8, 4) is 5.82 Å². The molecular weight excluding hydrogens is 312 g/mol. The molecule has 2 rings (SSSR count). The standard InChI is InChI=1S/C8H6Br2N4/c1-5-11-4-6(9)8(12-5)14-3-2-7(10)13-14/h2-4H,1H3. The summed E-state index contributed by atoms with van der Waals surface area (Å²) in [5.41, 5.74) is 0. The van der Waals surface area contributed by atoms with Crippen molar-refractivity contribution in [3.63, 3.8) is 0 Å². The third-order valence-corrected chi connectivity index (χ3v) is 2.60. The highest BCUT2D eigenvalue weighted by Crippen LogP contribution is 2.18. The number of aromatic nitrogens is 4. The minimum atomic E-state index is 0.717. The van der Waals surface area contributed by atoms with Crippen LogP contribution in [0.3, 0.4) is 0 Å². The molecule has 4 nitrogen and oxygen atoms in total. The van der Waals surface area contributed by atoms with Crippen molar-refractivity contribution < 1.29 is 0 Å². The Bertz CT molecular complexity index is 466. The van der Waals surface area contributed by atoms with Gasteiger partial charge in [-0.2, -0.15) is 5.10 Å². The van der Waals surface area contributed by atoms with E-state index in [4.69, 9.17) is 0 Å². The largest absolute Gasteiger partial charge is 0.240 e. The van der Waals surface area contributed by atoms with Crippen LogP contribution in [0.4, 0.5) is 0 Å². The highest BCUT2D eigenvalue weighted by Gasteiger charge is 2.06. The molecule has 6 heteroatoms. The van der Waals surface area contributed by atoms with Gasteiger partial charge < -0.3 is 0 Å². The molecule has 0 aromatic carbocycles. The Labute approximate surface area is 97.6 Å². The van der Waals surface area contributed by atoms with Crippen LogP contribution in [-0.4, -0.2) is 19.7 Å². The summed E-state index contributed by atoms with van der Waals surface area (Å²) >= 11 is 6.66. The second kappa shape index (κ2) is 3.78. The number of halogens is 2. The van der Waals surface area contributed by atoms with Crippen LogP contribution in [0.1, 0.15) is 5.82 Å². The third kappa shape index (κ3) is 1.85. The highest BCUT2D eigenvalue weighted by molar-refractivity contribution is 9.10. The summed E-state index contributed by atoms with van der Waals surface area (Å²) in [7, 11) is 0. The van der Waals surface area contributed by atoms with Gasteiger partial charge in [-0.15, -0.1) is 0 Å². The van der Waals surface area contributed by atoms with Crippen LogP contribution in [0, 0.1) is 6.92 Å². The summed E-state index contributed by atoms with van der Waals surface area (Å²) < 4.78 is 3.28. The van der Waals surface area contributed by atoms with Gasteiger partial charge in [0.1, 0.15) is 10.4 Å². The minimum absolute atomic E-state index is 0.717. The fourth-order valence-corrected chi connectivity index (χ4v) is 1.69. The second-order valence-corrected chi connectivity index (χ2v) is 4.34. The van der Waals surface area contributed by atoms with Crippen molar-refractivity contribution in [1.82, 2.24) is 19.7 Å². The minimum Gasteiger partial charge on any atom is -0.240 e. The number of aryl methyl sites for hydroxylation is 1. The van der Waals surface area contributed by atoms with Crippen LogP contribution in [0.5, 0.6) is 0 Å². The summed E-state index contributed by atoms with van der Waals surface area (Å²) in [5.74, 6) is 1.46. The molecule has 0 aliphatic carbocycles. The maximum absolute atomic E-state index is 4.28. The van der Waals surface area contributed by atoms with Gasteiger partial charge in [0.05, 0.1) is 4.47 Å². The molecule has 2 aromatic rings. The highest BCUT2D eigenvalue weighted by atomic mass is 79.9. The van der Waals surface area contributed by atoms with Crippen LogP contribution in [-0.2, 0) is 0 Å². The summed E-state index contributed by atoms with van der Waals surface area (Å²) in [4.78, 5) is 8.34. The molecule has 0 unspecified atom stereocenters. The maximum Gasteiger partial charge on any atom is 0.171 e. The lowest BCUT2D eigenvalue weighted by Crippen LogP contribution is -2.02. The van der Waals surface area contributed by atoms with Crippen molar-refractivity contribution in [2.24, 2.45) is 0 Å². The van der Waals surface area contributed by atoms with Gasteiger partial charge >= 0.3 is 0 Å². The average molecular weight is 318 g/mol. The Kier molecular flexibility index (Phi) is 2.64. The van der Waals surface area contributed by atoms with E-state index in [2.05, 4.69) is 46.9 Å². The predicted octanol–water partition coefficient (Wildman–Crippen LogP) is 2.50. The monoisotopic (exact) mass is 316 g/mol. The summed E-state index contributed by atoms with van der Waals surface area (Å²) in [6.45, 7) is 1.84. The first-order valence-corrected chi connectivity index (χ1v) is 5.46. The van der Waals surface area contributed by atoms with Crippen molar-refractivity contribution in [3.05, 3.63) is 33.4 Å². The van der Waals surface area contributed by atoms with Crippen molar-refractivity contribution >= 4 is 31.9 Å². The fourth-order valence-electron chi connectivity index (χ4n) is 1.02. The molecule has 0 saturated carbocycles. The molecule has 0 aliphatic heterocycles. The summed E-state index contributed by atoms with van der Waals surface area (Å²) in [6, 6.07) is 1.85. The van der Waals surface area contributed by atoms with Crippen LogP contribution in [0.15, 0.2) is 27.5 Å². The van der Waals surface area contributed by atoms with E-state index in [0.717, 1.165) is 20.7 Å². The molecule has 0 saturated heterocycles. The van der Waals surface area contributed by atoms with E-state index in [-0.39, 0.29) is 0 Å². The van der Waals surface area contributed by atoms with E-state index in [1.54, 1.807) is 10.9 Å². The van der Waals surface area contributed by atoms with Gasteiger partial charge in [-0.25, -0.2) is 14.6 Å². The van der Waals surface area contributed by atoms with Crippen molar-refractivity contribution in [2.75, 3.05) is 0 Å². The van der Waals surface area contributed by atoms with Gasteiger partial charge in [-0.05, 0) is 44.8 Å². The molecule has 0 N–H and O–H groups in total. The number of hydrogen-bond donors (Lipinski definition) is 0.